The molecule has 0 aromatic carbocycles. The number of carbonyl (C=O) groups excluding carboxylic acids is 2. The summed E-state index contributed by atoms with van der Waals surface area (Å²) in [7, 11) is 0. The first kappa shape index (κ1) is 13.3. The van der Waals surface area contributed by atoms with E-state index in [1.807, 2.05) is 11.8 Å². The molecule has 5 nitrogen and oxygen atoms in total. The maximum atomic E-state index is 12.5. The Bertz CT molecular complexity index is 337. The van der Waals surface area contributed by atoms with Crippen molar-refractivity contribution >= 4 is 11.8 Å². The van der Waals surface area contributed by atoms with Crippen LogP contribution in [0.5, 0.6) is 0 Å². The molecule has 2 fully saturated rings. The summed E-state index contributed by atoms with van der Waals surface area (Å²) in [5, 5.41) is 6.18. The number of rotatable bonds is 2. The molecule has 102 valence electrons. The lowest BCUT2D eigenvalue weighted by Crippen LogP contribution is -2.53. The van der Waals surface area contributed by atoms with E-state index in [1.165, 1.54) is 6.92 Å². The molecule has 2 saturated heterocycles. The fourth-order valence-corrected chi connectivity index (χ4v) is 2.95. The van der Waals surface area contributed by atoms with E-state index in [-0.39, 0.29) is 23.3 Å². The second kappa shape index (κ2) is 5.26. The third-order valence-electron chi connectivity index (χ3n) is 4.00. The van der Waals surface area contributed by atoms with E-state index >= 15 is 0 Å². The van der Waals surface area contributed by atoms with Crippen molar-refractivity contribution in [2.75, 3.05) is 26.2 Å². The Hall–Kier alpha value is -1.10. The van der Waals surface area contributed by atoms with Gasteiger partial charge in [-0.3, -0.25) is 9.59 Å². The molecular weight excluding hydrogens is 230 g/mol. The van der Waals surface area contributed by atoms with Crippen molar-refractivity contribution in [1.29, 1.82) is 0 Å². The van der Waals surface area contributed by atoms with Crippen LogP contribution in [0.4, 0.5) is 0 Å². The van der Waals surface area contributed by atoms with Gasteiger partial charge in [0.1, 0.15) is 0 Å². The molecule has 5 heteroatoms. The molecule has 0 unspecified atom stereocenters. The van der Waals surface area contributed by atoms with Gasteiger partial charge in [-0.25, -0.2) is 0 Å². The lowest BCUT2D eigenvalue weighted by Gasteiger charge is -2.37. The van der Waals surface area contributed by atoms with Gasteiger partial charge in [0.15, 0.2) is 0 Å². The molecule has 2 atom stereocenters. The van der Waals surface area contributed by atoms with E-state index in [9.17, 15) is 9.59 Å². The molecule has 18 heavy (non-hydrogen) atoms. The van der Waals surface area contributed by atoms with Crippen LogP contribution in [0.1, 0.15) is 33.1 Å². The summed E-state index contributed by atoms with van der Waals surface area (Å²) in [4.78, 5) is 25.5. The summed E-state index contributed by atoms with van der Waals surface area (Å²) < 4.78 is 0. The third kappa shape index (κ3) is 2.83. The standard InChI is InChI=1S/C13H23N3O2/c1-10(17)15-11-4-3-7-16(8-11)12(18)13(2)5-6-14-9-13/h11,14H,3-9H2,1-2H3,(H,15,17)/t11-,13-/m1/s1. The van der Waals surface area contributed by atoms with Gasteiger partial charge in [-0.2, -0.15) is 0 Å². The molecule has 2 heterocycles. The van der Waals surface area contributed by atoms with Crippen molar-refractivity contribution in [1.82, 2.24) is 15.5 Å². The first-order chi connectivity index (χ1) is 8.51. The highest BCUT2D eigenvalue weighted by Gasteiger charge is 2.40. The number of hydrogen-bond donors (Lipinski definition) is 2. The van der Waals surface area contributed by atoms with Crippen LogP contribution in [0.15, 0.2) is 0 Å². The molecule has 0 bridgehead atoms. The summed E-state index contributed by atoms with van der Waals surface area (Å²) in [5.74, 6) is 0.227. The third-order valence-corrected chi connectivity index (χ3v) is 4.00. The molecule has 2 aliphatic heterocycles. The van der Waals surface area contributed by atoms with Crippen molar-refractivity contribution in [3.63, 3.8) is 0 Å². The molecule has 2 aliphatic rings. The second-order valence-corrected chi connectivity index (χ2v) is 5.78. The monoisotopic (exact) mass is 253 g/mol. The molecule has 0 radical (unpaired) electrons. The highest BCUT2D eigenvalue weighted by Crippen LogP contribution is 2.28. The van der Waals surface area contributed by atoms with Gasteiger partial charge in [0.05, 0.1) is 5.41 Å². The summed E-state index contributed by atoms with van der Waals surface area (Å²) >= 11 is 0. The average Bonchev–Trinajstić information content (AvgIpc) is 2.76. The molecule has 0 saturated carbocycles. The van der Waals surface area contributed by atoms with Crippen LogP contribution < -0.4 is 10.6 Å². The lowest BCUT2D eigenvalue weighted by atomic mass is 9.87. The van der Waals surface area contributed by atoms with E-state index in [1.54, 1.807) is 0 Å². The minimum absolute atomic E-state index is 0.0111. The Morgan fingerprint density at radius 2 is 2.22 bits per heavy atom. The minimum Gasteiger partial charge on any atom is -0.352 e. The van der Waals surface area contributed by atoms with E-state index in [0.29, 0.717) is 6.54 Å². The predicted molar refractivity (Wildman–Crippen MR) is 69.0 cm³/mol. The Morgan fingerprint density at radius 3 is 2.83 bits per heavy atom. The van der Waals surface area contributed by atoms with Gasteiger partial charge in [0, 0.05) is 32.6 Å². The summed E-state index contributed by atoms with van der Waals surface area (Å²) in [6.45, 7) is 6.75. The zero-order valence-corrected chi connectivity index (χ0v) is 11.3. The smallest absolute Gasteiger partial charge is 0.229 e. The van der Waals surface area contributed by atoms with Crippen molar-refractivity contribution in [2.24, 2.45) is 5.41 Å². The molecule has 0 spiro atoms. The van der Waals surface area contributed by atoms with Crippen molar-refractivity contribution < 1.29 is 9.59 Å². The van der Waals surface area contributed by atoms with Crippen LogP contribution in [0, 0.1) is 5.41 Å². The normalized spacial score (nSPS) is 32.3. The van der Waals surface area contributed by atoms with Crippen molar-refractivity contribution in [3.8, 4) is 0 Å². The molecule has 0 aromatic heterocycles. The largest absolute Gasteiger partial charge is 0.352 e. The number of amides is 2. The number of carbonyl (C=O) groups is 2. The van der Waals surface area contributed by atoms with Crippen LogP contribution in [0.25, 0.3) is 0 Å². The maximum absolute atomic E-state index is 12.5. The van der Waals surface area contributed by atoms with Gasteiger partial charge < -0.3 is 15.5 Å². The lowest BCUT2D eigenvalue weighted by molar-refractivity contribution is -0.142. The number of nitrogens with one attached hydrogen (secondary N) is 2. The predicted octanol–water partition coefficient (Wildman–Crippen LogP) is 0.113. The van der Waals surface area contributed by atoms with Crippen LogP contribution in [-0.2, 0) is 9.59 Å². The Balaban J connectivity index is 1.95. The first-order valence-corrected chi connectivity index (χ1v) is 6.78. The minimum atomic E-state index is -0.252. The molecular formula is C13H23N3O2. The number of likely N-dealkylation sites (tertiary alicyclic amines) is 1. The summed E-state index contributed by atoms with van der Waals surface area (Å²) in [6.07, 6.45) is 2.85. The van der Waals surface area contributed by atoms with Gasteiger partial charge >= 0.3 is 0 Å². The topological polar surface area (TPSA) is 61.4 Å². The quantitative estimate of drug-likeness (QED) is 0.734. The maximum Gasteiger partial charge on any atom is 0.229 e. The number of hydrogen-bond acceptors (Lipinski definition) is 3. The zero-order chi connectivity index (χ0) is 13.2. The van der Waals surface area contributed by atoms with Crippen molar-refractivity contribution in [2.45, 2.75) is 39.2 Å². The number of piperidine rings is 1. The average molecular weight is 253 g/mol. The molecule has 0 aliphatic carbocycles. The Kier molecular flexibility index (Phi) is 3.90. The molecule has 2 amide bonds. The van der Waals surface area contributed by atoms with Crippen LogP contribution in [0.2, 0.25) is 0 Å². The SMILES string of the molecule is CC(=O)N[C@@H]1CCCN(C(=O)[C@]2(C)CCNC2)C1. The van der Waals surface area contributed by atoms with Crippen LogP contribution >= 0.6 is 0 Å². The fourth-order valence-electron chi connectivity index (χ4n) is 2.95. The highest BCUT2D eigenvalue weighted by atomic mass is 16.2. The Morgan fingerprint density at radius 1 is 1.44 bits per heavy atom. The first-order valence-electron chi connectivity index (χ1n) is 6.78. The van der Waals surface area contributed by atoms with E-state index in [0.717, 1.165) is 38.9 Å². The summed E-state index contributed by atoms with van der Waals surface area (Å²) in [5.41, 5.74) is -0.252. The van der Waals surface area contributed by atoms with Gasteiger partial charge in [-0.05, 0) is 32.7 Å². The van der Waals surface area contributed by atoms with Gasteiger partial charge in [-0.15, -0.1) is 0 Å². The molecule has 2 N–H and O–H groups in total. The fraction of sp³-hybridized carbons (Fsp3) is 0.846. The molecule has 0 aromatic rings. The second-order valence-electron chi connectivity index (χ2n) is 5.78. The van der Waals surface area contributed by atoms with Gasteiger partial charge in [0.25, 0.3) is 0 Å². The Labute approximate surface area is 108 Å². The van der Waals surface area contributed by atoms with E-state index in [2.05, 4.69) is 10.6 Å². The summed E-state index contributed by atoms with van der Waals surface area (Å²) in [6, 6.07) is 0.123. The van der Waals surface area contributed by atoms with Gasteiger partial charge in [0.2, 0.25) is 11.8 Å². The zero-order valence-electron chi connectivity index (χ0n) is 11.3. The molecule has 2 rings (SSSR count). The van der Waals surface area contributed by atoms with Gasteiger partial charge in [-0.1, -0.05) is 0 Å². The highest BCUT2D eigenvalue weighted by molar-refractivity contribution is 5.83. The van der Waals surface area contributed by atoms with E-state index in [4.69, 9.17) is 0 Å². The van der Waals surface area contributed by atoms with Crippen LogP contribution in [-0.4, -0.2) is 48.9 Å². The van der Waals surface area contributed by atoms with Crippen LogP contribution in [0.3, 0.4) is 0 Å². The number of nitrogens with zero attached hydrogens (tertiary/aromatic N) is 1. The van der Waals surface area contributed by atoms with Crippen molar-refractivity contribution in [3.05, 3.63) is 0 Å². The van der Waals surface area contributed by atoms with E-state index < -0.39 is 0 Å².